The molecule has 0 aromatic carbocycles. The normalized spacial score (nSPS) is 13.1. The molecule has 1 atom stereocenters. The molecule has 0 aromatic rings. The number of esters is 3. The van der Waals surface area contributed by atoms with Crippen LogP contribution in [0.15, 0.2) is 146 Å². The van der Waals surface area contributed by atoms with Gasteiger partial charge in [-0.2, -0.15) is 0 Å². The van der Waals surface area contributed by atoms with Crippen LogP contribution in [-0.4, -0.2) is 37.2 Å². The Hall–Kier alpha value is -4.71. The summed E-state index contributed by atoms with van der Waals surface area (Å²) in [7, 11) is 0. The molecule has 0 amide bonds. The highest BCUT2D eigenvalue weighted by molar-refractivity contribution is 5.71. The maximum absolute atomic E-state index is 12.9. The second kappa shape index (κ2) is 68.8. The van der Waals surface area contributed by atoms with E-state index in [1.54, 1.807) is 0 Å². The van der Waals surface area contributed by atoms with Crippen LogP contribution >= 0.6 is 0 Å². The molecule has 1 unspecified atom stereocenters. The fraction of sp³-hybridized carbons (Fsp3) is 0.645. The summed E-state index contributed by atoms with van der Waals surface area (Å²) in [5.74, 6) is -0.907. The van der Waals surface area contributed by atoms with Gasteiger partial charge >= 0.3 is 17.9 Å². The van der Waals surface area contributed by atoms with Gasteiger partial charge in [0.25, 0.3) is 0 Å². The van der Waals surface area contributed by atoms with Gasteiger partial charge in [0.2, 0.25) is 0 Å². The maximum Gasteiger partial charge on any atom is 0.306 e. The number of hydrogen-bond acceptors (Lipinski definition) is 6. The van der Waals surface area contributed by atoms with E-state index in [2.05, 4.69) is 167 Å². The predicted octanol–water partition coefficient (Wildman–Crippen LogP) is 23.5. The Kier molecular flexibility index (Phi) is 64.8. The minimum atomic E-state index is -0.795. The summed E-state index contributed by atoms with van der Waals surface area (Å²) in [6.07, 6.45) is 98.5. The molecule has 6 heteroatoms. The van der Waals surface area contributed by atoms with Gasteiger partial charge < -0.3 is 14.2 Å². The van der Waals surface area contributed by atoms with E-state index in [0.717, 1.165) is 148 Å². The highest BCUT2D eigenvalue weighted by Crippen LogP contribution is 2.16. The number of allylic oxidation sites excluding steroid dienone is 24. The molecule has 0 N–H and O–H groups in total. The Morgan fingerprint density at radius 1 is 0.256 bits per heavy atom. The van der Waals surface area contributed by atoms with Crippen molar-refractivity contribution >= 4 is 17.9 Å². The molecule has 0 heterocycles. The predicted molar refractivity (Wildman–Crippen MR) is 357 cm³/mol. The highest BCUT2D eigenvalue weighted by atomic mass is 16.6. The Bertz CT molecular complexity index is 1780. The zero-order valence-corrected chi connectivity index (χ0v) is 53.2. The van der Waals surface area contributed by atoms with E-state index in [4.69, 9.17) is 14.2 Å². The molecular formula is C76H124O6. The molecule has 0 saturated carbocycles. The number of ether oxygens (including phenoxy) is 3. The van der Waals surface area contributed by atoms with E-state index in [1.165, 1.54) is 109 Å². The van der Waals surface area contributed by atoms with Gasteiger partial charge in [0, 0.05) is 19.3 Å². The Morgan fingerprint density at radius 2 is 0.476 bits per heavy atom. The lowest BCUT2D eigenvalue weighted by Gasteiger charge is -2.18. The van der Waals surface area contributed by atoms with Crippen molar-refractivity contribution in [3.63, 3.8) is 0 Å². The molecule has 0 spiro atoms. The number of unbranched alkanes of at least 4 members (excludes halogenated alkanes) is 25. The van der Waals surface area contributed by atoms with Crippen molar-refractivity contribution in [2.45, 2.75) is 303 Å². The van der Waals surface area contributed by atoms with Crippen molar-refractivity contribution in [1.29, 1.82) is 0 Å². The summed E-state index contributed by atoms with van der Waals surface area (Å²) in [5.41, 5.74) is 0. The minimum Gasteiger partial charge on any atom is -0.462 e. The molecule has 464 valence electrons. The Morgan fingerprint density at radius 3 is 0.744 bits per heavy atom. The molecule has 6 nitrogen and oxygen atoms in total. The van der Waals surface area contributed by atoms with Crippen molar-refractivity contribution < 1.29 is 28.6 Å². The number of hydrogen-bond donors (Lipinski definition) is 0. The third kappa shape index (κ3) is 66.1. The van der Waals surface area contributed by atoms with Gasteiger partial charge in [0.1, 0.15) is 13.2 Å². The maximum atomic E-state index is 12.9. The average Bonchev–Trinajstić information content (AvgIpc) is 3.47. The van der Waals surface area contributed by atoms with Crippen LogP contribution in [-0.2, 0) is 28.6 Å². The van der Waals surface area contributed by atoms with E-state index in [-0.39, 0.29) is 31.1 Å². The monoisotopic (exact) mass is 1130 g/mol. The first kappa shape index (κ1) is 77.3. The van der Waals surface area contributed by atoms with Crippen LogP contribution in [0.4, 0.5) is 0 Å². The third-order valence-electron chi connectivity index (χ3n) is 14.1. The smallest absolute Gasteiger partial charge is 0.306 e. The SMILES string of the molecule is CC/C=C\C/C=C\C/C=C\C/C=C\C/C=C\C/C=C\C/C=C\CCCCCCCCCC(=O)OCC(COC(=O)CCCCCCCCCCCCCC)OC(=O)CCCCCCCCC/C=C\C/C=C\C/C=C\C/C=C\C/C=C\CC. The minimum absolute atomic E-state index is 0.0883. The Labute approximate surface area is 506 Å². The molecule has 0 radical (unpaired) electrons. The van der Waals surface area contributed by atoms with E-state index < -0.39 is 6.10 Å². The molecule has 0 aromatic heterocycles. The van der Waals surface area contributed by atoms with Crippen molar-refractivity contribution in [3.8, 4) is 0 Å². The fourth-order valence-electron chi connectivity index (χ4n) is 9.10. The summed E-state index contributed by atoms with van der Waals surface area (Å²) in [5, 5.41) is 0. The fourth-order valence-corrected chi connectivity index (χ4v) is 9.10. The highest BCUT2D eigenvalue weighted by Gasteiger charge is 2.19. The van der Waals surface area contributed by atoms with Gasteiger partial charge in [0.15, 0.2) is 6.10 Å². The lowest BCUT2D eigenvalue weighted by molar-refractivity contribution is -0.167. The average molecular weight is 1130 g/mol. The summed E-state index contributed by atoms with van der Waals surface area (Å²) in [6, 6.07) is 0. The van der Waals surface area contributed by atoms with Gasteiger partial charge in [-0.1, -0.05) is 301 Å². The van der Waals surface area contributed by atoms with Crippen LogP contribution in [0.5, 0.6) is 0 Å². The zero-order chi connectivity index (χ0) is 59.2. The van der Waals surface area contributed by atoms with Gasteiger partial charge in [-0.05, 0) is 122 Å². The van der Waals surface area contributed by atoms with E-state index in [1.807, 2.05) is 0 Å². The number of carbonyl (C=O) groups excluding carboxylic acids is 3. The molecule has 0 bridgehead atoms. The first-order valence-corrected chi connectivity index (χ1v) is 33.8. The van der Waals surface area contributed by atoms with Crippen LogP contribution in [0.2, 0.25) is 0 Å². The third-order valence-corrected chi connectivity index (χ3v) is 14.1. The van der Waals surface area contributed by atoms with Crippen molar-refractivity contribution in [2.75, 3.05) is 13.2 Å². The lowest BCUT2D eigenvalue weighted by Crippen LogP contribution is -2.30. The van der Waals surface area contributed by atoms with Gasteiger partial charge in [-0.15, -0.1) is 0 Å². The topological polar surface area (TPSA) is 78.9 Å². The van der Waals surface area contributed by atoms with Gasteiger partial charge in [-0.25, -0.2) is 0 Å². The quantitative estimate of drug-likeness (QED) is 0.0261. The molecule has 0 rings (SSSR count). The number of rotatable bonds is 60. The lowest BCUT2D eigenvalue weighted by atomic mass is 10.0. The van der Waals surface area contributed by atoms with Crippen molar-refractivity contribution in [2.24, 2.45) is 0 Å². The first-order valence-electron chi connectivity index (χ1n) is 33.8. The van der Waals surface area contributed by atoms with Crippen LogP contribution in [0.1, 0.15) is 297 Å². The summed E-state index contributed by atoms with van der Waals surface area (Å²) < 4.78 is 16.9. The Balaban J connectivity index is 4.36. The molecule has 0 aliphatic heterocycles. The molecule has 82 heavy (non-hydrogen) atoms. The molecule has 0 saturated heterocycles. The van der Waals surface area contributed by atoms with Crippen LogP contribution in [0.3, 0.4) is 0 Å². The van der Waals surface area contributed by atoms with Crippen molar-refractivity contribution in [1.82, 2.24) is 0 Å². The molecule has 0 aliphatic rings. The van der Waals surface area contributed by atoms with Crippen LogP contribution in [0.25, 0.3) is 0 Å². The van der Waals surface area contributed by atoms with Gasteiger partial charge in [-0.3, -0.25) is 14.4 Å². The summed E-state index contributed by atoms with van der Waals surface area (Å²) >= 11 is 0. The van der Waals surface area contributed by atoms with E-state index in [0.29, 0.717) is 19.3 Å². The summed E-state index contributed by atoms with van der Waals surface area (Å²) in [6.45, 7) is 6.40. The van der Waals surface area contributed by atoms with Crippen molar-refractivity contribution in [3.05, 3.63) is 146 Å². The molecule has 0 aliphatic carbocycles. The zero-order valence-electron chi connectivity index (χ0n) is 53.2. The standard InChI is InChI=1S/C76H124O6/c1-4-7-10-13-16-19-22-25-27-29-31-33-35-36-37-38-39-40-42-43-45-47-49-51-54-57-60-63-66-69-75(78)81-72-73(71-80-74(77)68-65-62-59-56-53-24-21-18-15-12-9-6-3)82-76(79)70-67-64-61-58-55-52-50-48-46-44-41-34-32-30-28-26-23-20-17-14-11-8-5-2/h7-8,10-11,16-17,19-20,25-28,31-34,36-37,39-40,43-46,73H,4-6,9,12-15,18,21-24,29-30,35,38,41-42,47-72H2,1-3H3/b10-7-,11-8-,19-16-,20-17-,27-25-,28-26-,33-31-,34-32-,37-36-,40-39-,45-43-,46-44-. The second-order valence-electron chi connectivity index (χ2n) is 22.0. The van der Waals surface area contributed by atoms with Crippen LogP contribution < -0.4 is 0 Å². The summed E-state index contributed by atoms with van der Waals surface area (Å²) in [4.78, 5) is 38.4. The largest absolute Gasteiger partial charge is 0.462 e. The second-order valence-corrected chi connectivity index (χ2v) is 22.0. The van der Waals surface area contributed by atoms with Crippen LogP contribution in [0, 0.1) is 0 Å². The van der Waals surface area contributed by atoms with Gasteiger partial charge in [0.05, 0.1) is 0 Å². The number of carbonyl (C=O) groups is 3. The first-order chi connectivity index (χ1) is 40.5. The van der Waals surface area contributed by atoms with E-state index >= 15 is 0 Å². The molecular weight excluding hydrogens is 1010 g/mol. The molecule has 0 fully saturated rings. The van der Waals surface area contributed by atoms with E-state index in [9.17, 15) is 14.4 Å².